The molecule has 2 unspecified atom stereocenters. The van der Waals surface area contributed by atoms with Crippen molar-refractivity contribution < 1.29 is 4.79 Å². The third kappa shape index (κ3) is 3.36. The first-order valence-corrected chi connectivity index (χ1v) is 9.84. The molecule has 1 aliphatic rings. The number of nitrogens with one attached hydrogen (secondary N) is 1. The van der Waals surface area contributed by atoms with Crippen LogP contribution in [0.3, 0.4) is 0 Å². The number of imidazole rings is 1. The van der Waals surface area contributed by atoms with Crippen LogP contribution in [0, 0.1) is 6.92 Å². The van der Waals surface area contributed by atoms with Crippen LogP contribution >= 0.6 is 11.8 Å². The molecule has 4 nitrogen and oxygen atoms in total. The van der Waals surface area contributed by atoms with Crippen LogP contribution in [0.25, 0.3) is 11.3 Å². The number of H-pyrrole nitrogens is 1. The summed E-state index contributed by atoms with van der Waals surface area (Å²) in [5.41, 5.74) is 3.42. The second-order valence-corrected chi connectivity index (χ2v) is 7.60. The van der Waals surface area contributed by atoms with Crippen molar-refractivity contribution in [2.45, 2.75) is 44.4 Å². The van der Waals surface area contributed by atoms with E-state index in [1.54, 1.807) is 11.8 Å². The molecule has 0 spiro atoms. The molecule has 1 saturated heterocycles. The Balaban J connectivity index is 1.87. The van der Waals surface area contributed by atoms with Crippen molar-refractivity contribution in [1.82, 2.24) is 14.9 Å². The summed E-state index contributed by atoms with van der Waals surface area (Å²) < 4.78 is 0. The van der Waals surface area contributed by atoms with E-state index in [9.17, 15) is 4.79 Å². The van der Waals surface area contributed by atoms with Gasteiger partial charge in [0.2, 0.25) is 5.91 Å². The van der Waals surface area contributed by atoms with Gasteiger partial charge in [-0.05, 0) is 44.9 Å². The van der Waals surface area contributed by atoms with Gasteiger partial charge in [0, 0.05) is 12.1 Å². The molecule has 1 aromatic heterocycles. The van der Waals surface area contributed by atoms with Gasteiger partial charge in [-0.15, -0.1) is 0 Å². The predicted octanol–water partition coefficient (Wildman–Crippen LogP) is 4.19. The summed E-state index contributed by atoms with van der Waals surface area (Å²) in [6.45, 7) is 4.92. The number of hydrogen-bond donors (Lipinski definition) is 1. The number of hydrogen-bond acceptors (Lipinski definition) is 3. The van der Waals surface area contributed by atoms with Crippen LogP contribution in [-0.4, -0.2) is 38.8 Å². The van der Waals surface area contributed by atoms with Crippen LogP contribution in [0.2, 0.25) is 0 Å². The quantitative estimate of drug-likeness (QED) is 0.905. The number of thioether (sulfide) groups is 1. The zero-order valence-corrected chi connectivity index (χ0v) is 15.4. The molecule has 1 N–H and O–H groups in total. The van der Waals surface area contributed by atoms with Crippen LogP contribution in [0.5, 0.6) is 0 Å². The van der Waals surface area contributed by atoms with Gasteiger partial charge in [-0.25, -0.2) is 4.98 Å². The molecular formula is C19H25N3OS. The lowest BCUT2D eigenvalue weighted by atomic mass is 10.0. The molecule has 2 aromatic rings. The molecule has 0 aliphatic carbocycles. The highest BCUT2D eigenvalue weighted by Gasteiger charge is 2.32. The minimum absolute atomic E-state index is 0.00333. The second kappa shape index (κ2) is 7.43. The van der Waals surface area contributed by atoms with Gasteiger partial charge in [-0.1, -0.05) is 24.3 Å². The Kier molecular flexibility index (Phi) is 5.29. The number of piperidine rings is 1. The zero-order valence-electron chi connectivity index (χ0n) is 14.6. The maximum Gasteiger partial charge on any atom is 0.236 e. The van der Waals surface area contributed by atoms with Crippen LogP contribution in [0.4, 0.5) is 0 Å². The minimum atomic E-state index is -0.00333. The van der Waals surface area contributed by atoms with E-state index < -0.39 is 0 Å². The molecule has 128 valence electrons. The molecule has 1 aromatic carbocycles. The highest BCUT2D eigenvalue weighted by Crippen LogP contribution is 2.32. The van der Waals surface area contributed by atoms with Crippen molar-refractivity contribution in [3.8, 4) is 11.3 Å². The number of aromatic amines is 1. The number of aromatic nitrogens is 2. The molecule has 2 heterocycles. The Bertz CT molecular complexity index is 712. The van der Waals surface area contributed by atoms with Gasteiger partial charge < -0.3 is 9.88 Å². The van der Waals surface area contributed by atoms with Gasteiger partial charge in [0.1, 0.15) is 5.82 Å². The van der Waals surface area contributed by atoms with E-state index in [1.165, 1.54) is 11.1 Å². The Morgan fingerprint density at radius 3 is 2.92 bits per heavy atom. The number of amides is 1. The summed E-state index contributed by atoms with van der Waals surface area (Å²) in [5, 5.41) is -0.00333. The summed E-state index contributed by atoms with van der Waals surface area (Å²) in [7, 11) is 0. The number of benzene rings is 1. The topological polar surface area (TPSA) is 49.0 Å². The molecule has 5 heteroatoms. The first-order valence-electron chi connectivity index (χ1n) is 8.56. The lowest BCUT2D eigenvalue weighted by Crippen LogP contribution is -2.42. The largest absolute Gasteiger partial charge is 0.340 e. The summed E-state index contributed by atoms with van der Waals surface area (Å²) >= 11 is 1.61. The smallest absolute Gasteiger partial charge is 0.236 e. The number of carbonyl (C=O) groups is 1. The molecular weight excluding hydrogens is 318 g/mol. The molecule has 0 saturated carbocycles. The summed E-state index contributed by atoms with van der Waals surface area (Å²) in [4.78, 5) is 22.8. The first kappa shape index (κ1) is 17.1. The summed E-state index contributed by atoms with van der Waals surface area (Å²) in [6.07, 6.45) is 7.09. The predicted molar refractivity (Wildman–Crippen MR) is 100 cm³/mol. The second-order valence-electron chi connectivity index (χ2n) is 6.42. The summed E-state index contributed by atoms with van der Waals surface area (Å²) in [5.74, 6) is 1.13. The van der Waals surface area contributed by atoms with Crippen LogP contribution in [-0.2, 0) is 4.79 Å². The average molecular weight is 343 g/mol. The Morgan fingerprint density at radius 2 is 2.17 bits per heavy atom. The molecule has 2 atom stereocenters. The van der Waals surface area contributed by atoms with E-state index >= 15 is 0 Å². The van der Waals surface area contributed by atoms with E-state index in [2.05, 4.69) is 29.0 Å². The van der Waals surface area contributed by atoms with Crippen molar-refractivity contribution in [2.75, 3.05) is 12.8 Å². The lowest BCUT2D eigenvalue weighted by molar-refractivity contribution is -0.134. The average Bonchev–Trinajstić information content (AvgIpc) is 3.10. The van der Waals surface area contributed by atoms with E-state index in [0.717, 1.165) is 37.3 Å². The third-order valence-electron chi connectivity index (χ3n) is 4.83. The number of rotatable bonds is 4. The van der Waals surface area contributed by atoms with Crippen LogP contribution < -0.4 is 0 Å². The number of aryl methyl sites for hydroxylation is 1. The third-order valence-corrected chi connectivity index (χ3v) is 5.74. The van der Waals surface area contributed by atoms with Gasteiger partial charge in [0.25, 0.3) is 0 Å². The van der Waals surface area contributed by atoms with Crippen molar-refractivity contribution in [3.05, 3.63) is 41.9 Å². The fourth-order valence-corrected chi connectivity index (χ4v) is 3.67. The molecule has 24 heavy (non-hydrogen) atoms. The van der Waals surface area contributed by atoms with E-state index in [0.29, 0.717) is 0 Å². The fraction of sp³-hybridized carbons (Fsp3) is 0.474. The highest BCUT2D eigenvalue weighted by atomic mass is 32.2. The molecule has 1 aliphatic heterocycles. The van der Waals surface area contributed by atoms with E-state index in [1.807, 2.05) is 36.4 Å². The standard InChI is InChI=1S/C19H25N3OS/c1-13-8-4-5-9-15(13)16-12-20-18(21-16)17-10-6-7-11-22(17)19(23)14(2)24-3/h4-5,8-9,12,14,17H,6-7,10-11H2,1-3H3,(H,20,21). The van der Waals surface area contributed by atoms with Gasteiger partial charge >= 0.3 is 0 Å². The number of likely N-dealkylation sites (tertiary alicyclic amines) is 1. The normalized spacial score (nSPS) is 19.3. The SMILES string of the molecule is CSC(C)C(=O)N1CCCCC1c1ncc(-c2ccccc2C)[nH]1. The van der Waals surface area contributed by atoms with Gasteiger partial charge in [-0.2, -0.15) is 11.8 Å². The van der Waals surface area contributed by atoms with Crippen LogP contribution in [0.15, 0.2) is 30.5 Å². The van der Waals surface area contributed by atoms with Gasteiger partial charge in [0.15, 0.2) is 0 Å². The molecule has 1 amide bonds. The maximum absolute atomic E-state index is 12.7. The van der Waals surface area contributed by atoms with Gasteiger partial charge in [-0.3, -0.25) is 4.79 Å². The Morgan fingerprint density at radius 1 is 1.38 bits per heavy atom. The zero-order chi connectivity index (χ0) is 17.1. The van der Waals surface area contributed by atoms with Crippen molar-refractivity contribution in [2.24, 2.45) is 0 Å². The monoisotopic (exact) mass is 343 g/mol. The number of carbonyl (C=O) groups excluding carboxylic acids is 1. The fourth-order valence-electron chi connectivity index (χ4n) is 3.33. The van der Waals surface area contributed by atoms with Gasteiger partial charge in [0.05, 0.1) is 23.2 Å². The van der Waals surface area contributed by atoms with Crippen LogP contribution in [0.1, 0.15) is 43.6 Å². The molecule has 0 bridgehead atoms. The summed E-state index contributed by atoms with van der Waals surface area (Å²) in [6, 6.07) is 8.36. The van der Waals surface area contributed by atoms with E-state index in [-0.39, 0.29) is 17.2 Å². The maximum atomic E-state index is 12.7. The lowest BCUT2D eigenvalue weighted by Gasteiger charge is -2.36. The minimum Gasteiger partial charge on any atom is -0.340 e. The number of nitrogens with zero attached hydrogens (tertiary/aromatic N) is 2. The van der Waals surface area contributed by atoms with Crippen molar-refractivity contribution in [1.29, 1.82) is 0 Å². The molecule has 1 fully saturated rings. The first-order chi connectivity index (χ1) is 11.6. The highest BCUT2D eigenvalue weighted by molar-refractivity contribution is 7.99. The van der Waals surface area contributed by atoms with E-state index in [4.69, 9.17) is 0 Å². The molecule has 3 rings (SSSR count). The Labute approximate surface area is 148 Å². The van der Waals surface area contributed by atoms with Crippen molar-refractivity contribution >= 4 is 17.7 Å². The molecule has 0 radical (unpaired) electrons. The Hall–Kier alpha value is -1.75. The van der Waals surface area contributed by atoms with Crippen molar-refractivity contribution in [3.63, 3.8) is 0 Å².